The molecule has 0 aromatic heterocycles. The molecule has 2 N–H and O–H groups in total. The quantitative estimate of drug-likeness (QED) is 0.602. The minimum atomic E-state index is 0.0359. The Balaban J connectivity index is 1.95. The van der Waals surface area contributed by atoms with E-state index in [0.717, 1.165) is 32.6 Å². The van der Waals surface area contributed by atoms with Crippen LogP contribution < -0.4 is 10.6 Å². The predicted molar refractivity (Wildman–Crippen MR) is 50.5 cm³/mol. The highest BCUT2D eigenvalue weighted by Crippen LogP contribution is 2.04. The Morgan fingerprint density at radius 2 is 2.08 bits per heavy atom. The van der Waals surface area contributed by atoms with E-state index in [1.807, 2.05) is 0 Å². The summed E-state index contributed by atoms with van der Waals surface area (Å²) in [5.41, 5.74) is 0. The first-order valence-electron chi connectivity index (χ1n) is 4.84. The molecule has 1 aliphatic rings. The maximum Gasteiger partial charge on any atom is 0.216 e. The Bertz CT molecular complexity index is 156. The van der Waals surface area contributed by atoms with Gasteiger partial charge in [0.15, 0.2) is 0 Å². The van der Waals surface area contributed by atoms with Gasteiger partial charge in [-0.05, 0) is 12.8 Å². The third-order valence-electron chi connectivity index (χ3n) is 2.15. The maximum absolute atomic E-state index is 10.5. The molecule has 0 radical (unpaired) electrons. The van der Waals surface area contributed by atoms with E-state index in [9.17, 15) is 4.79 Å². The van der Waals surface area contributed by atoms with E-state index in [1.54, 1.807) is 0 Å². The van der Waals surface area contributed by atoms with Crippen molar-refractivity contribution in [1.29, 1.82) is 0 Å². The fourth-order valence-corrected chi connectivity index (χ4v) is 1.42. The van der Waals surface area contributed by atoms with Gasteiger partial charge in [0.05, 0.1) is 0 Å². The number of rotatable bonds is 4. The van der Waals surface area contributed by atoms with Crippen molar-refractivity contribution in [2.75, 3.05) is 26.3 Å². The monoisotopic (exact) mass is 186 g/mol. The molecule has 13 heavy (non-hydrogen) atoms. The van der Waals surface area contributed by atoms with Gasteiger partial charge in [-0.3, -0.25) is 4.79 Å². The molecule has 1 heterocycles. The Labute approximate surface area is 79.0 Å². The highest BCUT2D eigenvalue weighted by molar-refractivity contribution is 5.72. The van der Waals surface area contributed by atoms with Gasteiger partial charge in [0, 0.05) is 39.3 Å². The van der Waals surface area contributed by atoms with Gasteiger partial charge in [-0.25, -0.2) is 0 Å². The van der Waals surface area contributed by atoms with Crippen molar-refractivity contribution in [2.45, 2.75) is 25.8 Å². The van der Waals surface area contributed by atoms with Crippen LogP contribution in [-0.2, 0) is 9.53 Å². The first-order chi connectivity index (χ1) is 6.29. The van der Waals surface area contributed by atoms with E-state index in [0.29, 0.717) is 12.6 Å². The summed E-state index contributed by atoms with van der Waals surface area (Å²) in [7, 11) is 0. The lowest BCUT2D eigenvalue weighted by molar-refractivity contribution is -0.118. The fraction of sp³-hybridized carbons (Fsp3) is 0.889. The van der Waals surface area contributed by atoms with Gasteiger partial charge in [-0.15, -0.1) is 0 Å². The van der Waals surface area contributed by atoms with Crippen molar-refractivity contribution in [3.05, 3.63) is 0 Å². The molecule has 1 fully saturated rings. The molecule has 4 nitrogen and oxygen atoms in total. The summed E-state index contributed by atoms with van der Waals surface area (Å²) in [6, 6.07) is 0.572. The predicted octanol–water partition coefficient (Wildman–Crippen LogP) is -0.109. The number of nitrogens with one attached hydrogen (secondary N) is 2. The second-order valence-corrected chi connectivity index (χ2v) is 3.32. The van der Waals surface area contributed by atoms with Crippen LogP contribution in [0.1, 0.15) is 19.8 Å². The highest BCUT2D eigenvalue weighted by Gasteiger charge is 2.11. The lowest BCUT2D eigenvalue weighted by Crippen LogP contribution is -2.39. The van der Waals surface area contributed by atoms with Crippen LogP contribution in [0.3, 0.4) is 0 Å². The normalized spacial score (nSPS) is 18.5. The average Bonchev–Trinajstić information content (AvgIpc) is 2.14. The fourth-order valence-electron chi connectivity index (χ4n) is 1.42. The molecule has 1 amide bonds. The summed E-state index contributed by atoms with van der Waals surface area (Å²) in [5.74, 6) is 0.0359. The zero-order valence-corrected chi connectivity index (χ0v) is 8.14. The Hall–Kier alpha value is -0.610. The molecular weight excluding hydrogens is 168 g/mol. The van der Waals surface area contributed by atoms with Crippen molar-refractivity contribution in [3.63, 3.8) is 0 Å². The van der Waals surface area contributed by atoms with Gasteiger partial charge in [-0.2, -0.15) is 0 Å². The van der Waals surface area contributed by atoms with E-state index < -0.39 is 0 Å². The molecule has 4 heteroatoms. The minimum Gasteiger partial charge on any atom is -0.381 e. The summed E-state index contributed by atoms with van der Waals surface area (Å²) in [6.07, 6.45) is 2.17. The summed E-state index contributed by atoms with van der Waals surface area (Å²) in [4.78, 5) is 10.5. The van der Waals surface area contributed by atoms with Crippen molar-refractivity contribution in [2.24, 2.45) is 0 Å². The van der Waals surface area contributed by atoms with Crippen molar-refractivity contribution in [1.82, 2.24) is 10.6 Å². The van der Waals surface area contributed by atoms with E-state index in [1.165, 1.54) is 6.92 Å². The molecular formula is C9H18N2O2. The van der Waals surface area contributed by atoms with E-state index >= 15 is 0 Å². The molecule has 0 aliphatic carbocycles. The van der Waals surface area contributed by atoms with Crippen LogP contribution in [-0.4, -0.2) is 38.3 Å². The third kappa shape index (κ3) is 4.85. The van der Waals surface area contributed by atoms with Crippen molar-refractivity contribution >= 4 is 5.91 Å². The summed E-state index contributed by atoms with van der Waals surface area (Å²) in [6.45, 7) is 4.82. The van der Waals surface area contributed by atoms with Crippen LogP contribution in [0.2, 0.25) is 0 Å². The molecule has 0 aromatic carbocycles. The molecule has 0 atom stereocenters. The summed E-state index contributed by atoms with van der Waals surface area (Å²) in [5, 5.41) is 6.13. The number of hydrogen-bond acceptors (Lipinski definition) is 3. The van der Waals surface area contributed by atoms with Gasteiger partial charge >= 0.3 is 0 Å². The molecule has 1 saturated heterocycles. The summed E-state index contributed by atoms with van der Waals surface area (Å²) >= 11 is 0. The van der Waals surface area contributed by atoms with E-state index in [4.69, 9.17) is 4.74 Å². The second kappa shape index (κ2) is 5.94. The van der Waals surface area contributed by atoms with Gasteiger partial charge in [0.2, 0.25) is 5.91 Å². The van der Waals surface area contributed by atoms with Crippen LogP contribution in [0.4, 0.5) is 0 Å². The second-order valence-electron chi connectivity index (χ2n) is 3.32. The lowest BCUT2D eigenvalue weighted by Gasteiger charge is -2.23. The smallest absolute Gasteiger partial charge is 0.216 e. The largest absolute Gasteiger partial charge is 0.381 e. The standard InChI is InChI=1S/C9H18N2O2/c1-8(12)10-4-5-11-9-2-6-13-7-3-9/h9,11H,2-7H2,1H3,(H,10,12). The number of hydrogen-bond donors (Lipinski definition) is 2. The molecule has 1 aliphatic heterocycles. The molecule has 0 aromatic rings. The molecule has 0 unspecified atom stereocenters. The van der Waals surface area contributed by atoms with Gasteiger partial charge in [0.25, 0.3) is 0 Å². The van der Waals surface area contributed by atoms with Crippen molar-refractivity contribution in [3.8, 4) is 0 Å². The molecule has 0 bridgehead atoms. The number of carbonyl (C=O) groups excluding carboxylic acids is 1. The van der Waals surface area contributed by atoms with Crippen LogP contribution in [0.5, 0.6) is 0 Å². The van der Waals surface area contributed by atoms with E-state index in [2.05, 4.69) is 10.6 Å². The van der Waals surface area contributed by atoms with E-state index in [-0.39, 0.29) is 5.91 Å². The summed E-state index contributed by atoms with van der Waals surface area (Å²) < 4.78 is 5.23. The average molecular weight is 186 g/mol. The minimum absolute atomic E-state index is 0.0359. The lowest BCUT2D eigenvalue weighted by atomic mass is 10.1. The van der Waals surface area contributed by atoms with Crippen LogP contribution in [0.15, 0.2) is 0 Å². The Kier molecular flexibility index (Phi) is 4.78. The molecule has 0 saturated carbocycles. The van der Waals surface area contributed by atoms with Crippen LogP contribution in [0.25, 0.3) is 0 Å². The van der Waals surface area contributed by atoms with Crippen LogP contribution in [0, 0.1) is 0 Å². The van der Waals surface area contributed by atoms with Gasteiger partial charge in [-0.1, -0.05) is 0 Å². The van der Waals surface area contributed by atoms with Gasteiger partial charge in [0.1, 0.15) is 0 Å². The SMILES string of the molecule is CC(=O)NCCNC1CCOCC1. The topological polar surface area (TPSA) is 50.4 Å². The molecule has 76 valence electrons. The molecule has 0 spiro atoms. The number of ether oxygens (including phenoxy) is 1. The molecule has 1 rings (SSSR count). The third-order valence-corrected chi connectivity index (χ3v) is 2.15. The first-order valence-corrected chi connectivity index (χ1v) is 4.84. The van der Waals surface area contributed by atoms with Crippen LogP contribution >= 0.6 is 0 Å². The number of carbonyl (C=O) groups is 1. The number of amides is 1. The highest BCUT2D eigenvalue weighted by atomic mass is 16.5. The zero-order chi connectivity index (χ0) is 9.52. The first kappa shape index (κ1) is 10.5. The Morgan fingerprint density at radius 3 is 2.69 bits per heavy atom. The Morgan fingerprint density at radius 1 is 1.38 bits per heavy atom. The zero-order valence-electron chi connectivity index (χ0n) is 8.14. The van der Waals surface area contributed by atoms with Crippen molar-refractivity contribution < 1.29 is 9.53 Å². The maximum atomic E-state index is 10.5. The van der Waals surface area contributed by atoms with Gasteiger partial charge < -0.3 is 15.4 Å².